The van der Waals surface area contributed by atoms with Crippen LogP contribution in [0.2, 0.25) is 0 Å². The van der Waals surface area contributed by atoms with Gasteiger partial charge in [-0.1, -0.05) is 5.16 Å². The van der Waals surface area contributed by atoms with Gasteiger partial charge in [0.15, 0.2) is 0 Å². The molecule has 0 aliphatic carbocycles. The molecular formula is C15H22N2O6. The number of methoxy groups -OCH3 is 1. The molecule has 23 heavy (non-hydrogen) atoms. The van der Waals surface area contributed by atoms with E-state index in [2.05, 4.69) is 17.1 Å². The minimum Gasteiger partial charge on any atom is -0.482 e. The van der Waals surface area contributed by atoms with Gasteiger partial charge in [0.1, 0.15) is 5.60 Å². The van der Waals surface area contributed by atoms with Crippen molar-refractivity contribution in [3.8, 4) is 0 Å². The molecular weight excluding hydrogens is 304 g/mol. The first kappa shape index (κ1) is 17.3. The lowest BCUT2D eigenvalue weighted by Crippen LogP contribution is -2.49. The van der Waals surface area contributed by atoms with Crippen molar-refractivity contribution in [2.24, 2.45) is 5.16 Å². The van der Waals surface area contributed by atoms with Gasteiger partial charge >= 0.3 is 11.9 Å². The highest BCUT2D eigenvalue weighted by atomic mass is 16.7. The van der Waals surface area contributed by atoms with Crippen molar-refractivity contribution in [1.82, 2.24) is 4.90 Å². The van der Waals surface area contributed by atoms with E-state index in [9.17, 15) is 9.59 Å². The first-order chi connectivity index (χ1) is 10.8. The highest BCUT2D eigenvalue weighted by molar-refractivity contribution is 5.89. The van der Waals surface area contributed by atoms with E-state index < -0.39 is 11.9 Å². The fourth-order valence-electron chi connectivity index (χ4n) is 3.48. The molecule has 3 aliphatic heterocycles. The molecule has 0 amide bonds. The van der Waals surface area contributed by atoms with Gasteiger partial charge in [-0.05, 0) is 19.9 Å². The quantitative estimate of drug-likeness (QED) is 0.731. The molecule has 8 nitrogen and oxygen atoms in total. The van der Waals surface area contributed by atoms with Crippen LogP contribution in [0.1, 0.15) is 32.1 Å². The zero-order valence-electron chi connectivity index (χ0n) is 13.3. The predicted molar refractivity (Wildman–Crippen MR) is 81.1 cm³/mol. The maximum atomic E-state index is 9.55. The van der Waals surface area contributed by atoms with E-state index in [1.807, 2.05) is 0 Å². The van der Waals surface area contributed by atoms with Gasteiger partial charge in [0, 0.05) is 37.1 Å². The fourth-order valence-corrected chi connectivity index (χ4v) is 3.48. The second-order valence-electron chi connectivity index (χ2n) is 6.11. The number of hydrogen-bond donors (Lipinski definition) is 2. The molecule has 8 heteroatoms. The van der Waals surface area contributed by atoms with E-state index in [1.54, 1.807) is 7.11 Å². The van der Waals surface area contributed by atoms with Crippen LogP contribution in [-0.2, 0) is 19.2 Å². The summed E-state index contributed by atoms with van der Waals surface area (Å²) in [5.41, 5.74) is -0.0380. The Bertz CT molecular complexity index is 500. The number of carboxylic acid groups (broad SMARTS) is 2. The first-order valence-electron chi connectivity index (χ1n) is 7.50. The van der Waals surface area contributed by atoms with Crippen LogP contribution in [0.3, 0.4) is 0 Å². The lowest BCUT2D eigenvalue weighted by molar-refractivity contribution is -0.134. The van der Waals surface area contributed by atoms with Crippen molar-refractivity contribution in [3.63, 3.8) is 0 Å². The van der Waals surface area contributed by atoms with E-state index in [1.165, 1.54) is 12.8 Å². The van der Waals surface area contributed by atoms with E-state index >= 15 is 0 Å². The summed E-state index contributed by atoms with van der Waals surface area (Å²) in [7, 11) is 3.91. The summed E-state index contributed by atoms with van der Waals surface area (Å²) in [6.07, 6.45) is 6.82. The van der Waals surface area contributed by atoms with Crippen LogP contribution in [0.15, 0.2) is 17.3 Å². The van der Waals surface area contributed by atoms with Gasteiger partial charge < -0.3 is 24.7 Å². The first-order valence-corrected chi connectivity index (χ1v) is 7.50. The van der Waals surface area contributed by atoms with E-state index in [0.29, 0.717) is 24.2 Å². The lowest BCUT2D eigenvalue weighted by atomic mass is 9.84. The molecule has 0 aromatic heterocycles. The molecule has 0 saturated carbocycles. The summed E-state index contributed by atoms with van der Waals surface area (Å²) in [6, 6.07) is 1.38. The molecule has 2 N–H and O–H groups in total. The Morgan fingerprint density at radius 1 is 1.26 bits per heavy atom. The van der Waals surface area contributed by atoms with Crippen molar-refractivity contribution in [2.45, 2.75) is 49.8 Å². The van der Waals surface area contributed by atoms with E-state index in [0.717, 1.165) is 25.2 Å². The van der Waals surface area contributed by atoms with Gasteiger partial charge in [0.2, 0.25) is 5.90 Å². The molecule has 2 bridgehead atoms. The molecule has 0 aromatic rings. The molecule has 2 saturated heterocycles. The Hall–Kier alpha value is -2.09. The minimum atomic E-state index is -1.26. The number of nitrogens with zero attached hydrogens (tertiary/aromatic N) is 2. The molecule has 2 fully saturated rings. The van der Waals surface area contributed by atoms with Gasteiger partial charge in [-0.3, -0.25) is 0 Å². The summed E-state index contributed by atoms with van der Waals surface area (Å²) in [6.45, 7) is 0. The molecule has 3 heterocycles. The van der Waals surface area contributed by atoms with Crippen LogP contribution < -0.4 is 0 Å². The van der Waals surface area contributed by atoms with E-state index in [4.69, 9.17) is 19.8 Å². The topological polar surface area (TPSA) is 109 Å². The summed E-state index contributed by atoms with van der Waals surface area (Å²) in [4.78, 5) is 27.3. The largest absolute Gasteiger partial charge is 0.482 e. The minimum absolute atomic E-state index is 0.0380. The number of carbonyl (C=O) groups is 2. The van der Waals surface area contributed by atoms with Crippen LogP contribution in [0.4, 0.5) is 0 Å². The van der Waals surface area contributed by atoms with Crippen molar-refractivity contribution in [3.05, 3.63) is 12.2 Å². The Labute approximate surface area is 134 Å². The molecule has 128 valence electrons. The molecule has 3 atom stereocenters. The van der Waals surface area contributed by atoms with Crippen LogP contribution >= 0.6 is 0 Å². The third-order valence-electron chi connectivity index (χ3n) is 4.62. The average Bonchev–Trinajstić information content (AvgIpc) is 2.97. The van der Waals surface area contributed by atoms with Gasteiger partial charge in [0.05, 0.1) is 13.5 Å². The molecule has 1 spiro atoms. The Kier molecular flexibility index (Phi) is 5.25. The normalized spacial score (nSPS) is 32.2. The number of aliphatic carboxylic acids is 2. The van der Waals surface area contributed by atoms with Gasteiger partial charge in [-0.25, -0.2) is 9.59 Å². The molecule has 0 aromatic carbocycles. The second-order valence-corrected chi connectivity index (χ2v) is 6.11. The van der Waals surface area contributed by atoms with Crippen molar-refractivity contribution >= 4 is 17.8 Å². The smallest absolute Gasteiger partial charge is 0.328 e. The van der Waals surface area contributed by atoms with Crippen LogP contribution in [0.5, 0.6) is 0 Å². The Balaban J connectivity index is 0.000000207. The highest BCUT2D eigenvalue weighted by Gasteiger charge is 2.51. The van der Waals surface area contributed by atoms with E-state index in [-0.39, 0.29) is 5.60 Å². The second kappa shape index (κ2) is 6.99. The van der Waals surface area contributed by atoms with Crippen LogP contribution in [-0.4, -0.2) is 64.8 Å². The summed E-state index contributed by atoms with van der Waals surface area (Å²) >= 11 is 0. The summed E-state index contributed by atoms with van der Waals surface area (Å²) in [5, 5.41) is 19.7. The summed E-state index contributed by atoms with van der Waals surface area (Å²) in [5.74, 6) is -1.75. The number of carboxylic acids is 2. The SMILES string of the molecule is COC1=NOC2(C1)C[C@H]1CC[C@@H](C2)N1C.O=C(O)/C=C/C(=O)O. The standard InChI is InChI=1S/C11H18N2O2.C4H4O4/c1-13-8-3-4-9(13)6-11(5-8)7-10(14-2)12-15-11;5-3(6)1-2-4(7)8/h8-9H,3-7H2,1-2H3;1-2H,(H,5,6)(H,7,8)/b;2-1+/t8-,9+,11?;. The summed E-state index contributed by atoms with van der Waals surface area (Å²) < 4.78 is 5.17. The van der Waals surface area contributed by atoms with Gasteiger partial charge in [0.25, 0.3) is 0 Å². The van der Waals surface area contributed by atoms with Gasteiger partial charge in [-0.2, -0.15) is 0 Å². The van der Waals surface area contributed by atoms with Crippen molar-refractivity contribution in [2.75, 3.05) is 14.2 Å². The Morgan fingerprint density at radius 3 is 2.17 bits per heavy atom. The van der Waals surface area contributed by atoms with Gasteiger partial charge in [-0.15, -0.1) is 0 Å². The molecule has 1 unspecified atom stereocenters. The number of hydrogen-bond acceptors (Lipinski definition) is 6. The number of ether oxygens (including phenoxy) is 1. The van der Waals surface area contributed by atoms with Crippen molar-refractivity contribution < 1.29 is 29.4 Å². The Morgan fingerprint density at radius 2 is 1.78 bits per heavy atom. The number of rotatable bonds is 2. The maximum Gasteiger partial charge on any atom is 0.328 e. The highest BCUT2D eigenvalue weighted by Crippen LogP contribution is 2.45. The third kappa shape index (κ3) is 4.22. The average molecular weight is 326 g/mol. The monoisotopic (exact) mass is 326 g/mol. The van der Waals surface area contributed by atoms with Crippen molar-refractivity contribution in [1.29, 1.82) is 0 Å². The third-order valence-corrected chi connectivity index (χ3v) is 4.62. The molecule has 3 aliphatic rings. The number of fused-ring (bicyclic) bond motifs is 2. The number of oxime groups is 1. The molecule has 3 rings (SSSR count). The van der Waals surface area contributed by atoms with Crippen LogP contribution in [0.25, 0.3) is 0 Å². The number of piperidine rings is 1. The fraction of sp³-hybridized carbons (Fsp3) is 0.667. The maximum absolute atomic E-state index is 9.55. The zero-order valence-corrected chi connectivity index (χ0v) is 13.3. The molecule has 0 radical (unpaired) electrons. The predicted octanol–water partition coefficient (Wildman–Crippen LogP) is 1.07. The lowest BCUT2D eigenvalue weighted by Gasteiger charge is -2.40. The zero-order chi connectivity index (χ0) is 17.0. The van der Waals surface area contributed by atoms with Crippen LogP contribution in [0, 0.1) is 0 Å².